The van der Waals surface area contributed by atoms with Gasteiger partial charge in [-0.1, -0.05) is 63.4 Å². The summed E-state index contributed by atoms with van der Waals surface area (Å²) in [5.41, 5.74) is 3.11. The van der Waals surface area contributed by atoms with Gasteiger partial charge >= 0.3 is 0 Å². The largest absolute Gasteiger partial charge is 0.367 e. The number of rotatable bonds is 8. The lowest BCUT2D eigenvalue weighted by Gasteiger charge is -2.33. The van der Waals surface area contributed by atoms with Gasteiger partial charge in [0.1, 0.15) is 5.54 Å². The summed E-state index contributed by atoms with van der Waals surface area (Å²) < 4.78 is 26.1. The van der Waals surface area contributed by atoms with E-state index in [4.69, 9.17) is 23.2 Å². The van der Waals surface area contributed by atoms with Gasteiger partial charge in [0.2, 0.25) is 10.0 Å². The standard InChI is InChI=1S/C28H29BrCl2N4O3S/c1-39(37,38)35-11-9-23(10-12-35)32-17-19-5-6-20(29)14-25(19)34-28(16-18-3-2-4-21(30)13-18)24-8-7-22(31)15-26(24)33-27(28)36/h2-8,13-15,23,32,34H,9-12,16-17H2,1H3,(H,33,36). The van der Waals surface area contributed by atoms with Gasteiger partial charge in [0.15, 0.2) is 0 Å². The summed E-state index contributed by atoms with van der Waals surface area (Å²) in [5.74, 6) is -0.174. The maximum Gasteiger partial charge on any atom is 0.255 e. The van der Waals surface area contributed by atoms with Crippen LogP contribution in [0.4, 0.5) is 11.4 Å². The number of piperidine rings is 1. The molecule has 0 aliphatic carbocycles. The summed E-state index contributed by atoms with van der Waals surface area (Å²) in [6, 6.07) is 19.1. The normalized spacial score (nSPS) is 20.1. The molecule has 0 spiro atoms. The molecule has 0 bridgehead atoms. The Morgan fingerprint density at radius 2 is 1.79 bits per heavy atom. The van der Waals surface area contributed by atoms with E-state index < -0.39 is 15.6 Å². The van der Waals surface area contributed by atoms with Crippen LogP contribution < -0.4 is 16.0 Å². The van der Waals surface area contributed by atoms with Gasteiger partial charge in [-0.25, -0.2) is 12.7 Å². The lowest BCUT2D eigenvalue weighted by atomic mass is 9.84. The molecule has 2 aliphatic rings. The van der Waals surface area contributed by atoms with E-state index in [0.29, 0.717) is 41.8 Å². The number of halogens is 3. The minimum absolute atomic E-state index is 0.174. The third-order valence-electron chi connectivity index (χ3n) is 7.36. The Balaban J connectivity index is 1.44. The SMILES string of the molecule is CS(=O)(=O)N1CCC(NCc2ccc(Br)cc2NC2(Cc3cccc(Cl)c3)C(=O)Nc3cc(Cl)ccc32)CC1. The number of benzene rings is 3. The molecule has 1 fully saturated rings. The molecular weight excluding hydrogens is 623 g/mol. The number of anilines is 2. The van der Waals surface area contributed by atoms with Crippen molar-refractivity contribution in [3.05, 3.63) is 91.9 Å². The van der Waals surface area contributed by atoms with Crippen molar-refractivity contribution in [2.45, 2.75) is 37.4 Å². The van der Waals surface area contributed by atoms with Crippen molar-refractivity contribution >= 4 is 66.4 Å². The monoisotopic (exact) mass is 650 g/mol. The van der Waals surface area contributed by atoms with Crippen molar-refractivity contribution in [2.24, 2.45) is 0 Å². The molecule has 1 saturated heterocycles. The van der Waals surface area contributed by atoms with Crippen molar-refractivity contribution < 1.29 is 13.2 Å². The quantitative estimate of drug-likeness (QED) is 0.288. The lowest BCUT2D eigenvalue weighted by Crippen LogP contribution is -2.45. The first-order chi connectivity index (χ1) is 18.5. The second-order valence-electron chi connectivity index (χ2n) is 10.1. The smallest absolute Gasteiger partial charge is 0.255 e. The van der Waals surface area contributed by atoms with Crippen LogP contribution in [0.2, 0.25) is 10.0 Å². The highest BCUT2D eigenvalue weighted by molar-refractivity contribution is 9.10. The summed E-state index contributed by atoms with van der Waals surface area (Å²) in [6.07, 6.45) is 3.10. The van der Waals surface area contributed by atoms with Crippen LogP contribution in [0, 0.1) is 0 Å². The number of nitrogens with zero attached hydrogens (tertiary/aromatic N) is 1. The highest BCUT2D eigenvalue weighted by Gasteiger charge is 2.47. The van der Waals surface area contributed by atoms with E-state index in [0.717, 1.165) is 39.7 Å². The van der Waals surface area contributed by atoms with Crippen LogP contribution in [-0.2, 0) is 33.3 Å². The van der Waals surface area contributed by atoms with E-state index >= 15 is 0 Å². The molecule has 2 heterocycles. The minimum Gasteiger partial charge on any atom is -0.367 e. The molecule has 206 valence electrons. The highest BCUT2D eigenvalue weighted by atomic mass is 79.9. The molecule has 0 radical (unpaired) electrons. The Labute approximate surface area is 247 Å². The van der Waals surface area contributed by atoms with E-state index in [9.17, 15) is 13.2 Å². The van der Waals surface area contributed by atoms with Crippen molar-refractivity contribution in [1.29, 1.82) is 0 Å². The molecule has 3 N–H and O–H groups in total. The highest BCUT2D eigenvalue weighted by Crippen LogP contribution is 2.43. The summed E-state index contributed by atoms with van der Waals surface area (Å²) in [7, 11) is -3.17. The van der Waals surface area contributed by atoms with Crippen LogP contribution >= 0.6 is 39.1 Å². The molecular formula is C28H29BrCl2N4O3S. The van der Waals surface area contributed by atoms with Gasteiger partial charge in [0, 0.05) is 63.6 Å². The zero-order chi connectivity index (χ0) is 27.8. The molecule has 5 rings (SSSR count). The molecule has 11 heteroatoms. The maximum absolute atomic E-state index is 13.7. The molecule has 2 aliphatic heterocycles. The second kappa shape index (κ2) is 11.4. The number of hydrogen-bond donors (Lipinski definition) is 3. The van der Waals surface area contributed by atoms with Crippen LogP contribution in [-0.4, -0.2) is 44.0 Å². The fourth-order valence-corrected chi connectivity index (χ4v) is 6.96. The molecule has 1 unspecified atom stereocenters. The Kier molecular flexibility index (Phi) is 8.29. The van der Waals surface area contributed by atoms with E-state index in [1.165, 1.54) is 10.6 Å². The summed E-state index contributed by atoms with van der Waals surface area (Å²) in [4.78, 5) is 13.7. The van der Waals surface area contributed by atoms with E-state index in [1.807, 2.05) is 48.5 Å². The molecule has 1 amide bonds. The van der Waals surface area contributed by atoms with E-state index in [2.05, 4.69) is 31.9 Å². The van der Waals surface area contributed by atoms with Crippen molar-refractivity contribution in [3.8, 4) is 0 Å². The Morgan fingerprint density at radius 1 is 1.05 bits per heavy atom. The summed E-state index contributed by atoms with van der Waals surface area (Å²) in [6.45, 7) is 1.57. The van der Waals surface area contributed by atoms with Crippen molar-refractivity contribution in [3.63, 3.8) is 0 Å². The van der Waals surface area contributed by atoms with Crippen molar-refractivity contribution in [2.75, 3.05) is 30.0 Å². The fraction of sp³-hybridized carbons (Fsp3) is 0.321. The number of carbonyl (C=O) groups excluding carboxylic acids is 1. The number of carbonyl (C=O) groups is 1. The van der Waals surface area contributed by atoms with Gasteiger partial charge in [-0.2, -0.15) is 0 Å². The zero-order valence-corrected chi connectivity index (χ0v) is 25.2. The Bertz CT molecular complexity index is 1510. The van der Waals surface area contributed by atoms with Gasteiger partial charge in [-0.3, -0.25) is 4.79 Å². The molecule has 3 aromatic rings. The third-order valence-corrected chi connectivity index (χ3v) is 9.63. The average molecular weight is 652 g/mol. The number of sulfonamides is 1. The topological polar surface area (TPSA) is 90.5 Å². The number of fused-ring (bicyclic) bond motifs is 1. The molecule has 0 aromatic heterocycles. The number of nitrogens with one attached hydrogen (secondary N) is 3. The van der Waals surface area contributed by atoms with Gasteiger partial charge in [0.05, 0.1) is 6.26 Å². The van der Waals surface area contributed by atoms with Gasteiger partial charge in [0.25, 0.3) is 5.91 Å². The molecule has 0 saturated carbocycles. The first kappa shape index (κ1) is 28.4. The summed E-state index contributed by atoms with van der Waals surface area (Å²) in [5, 5.41) is 11.4. The number of hydrogen-bond acceptors (Lipinski definition) is 5. The minimum atomic E-state index is -3.17. The van der Waals surface area contributed by atoms with Crippen LogP contribution in [0.1, 0.15) is 29.5 Å². The van der Waals surface area contributed by atoms with E-state index in [-0.39, 0.29) is 11.9 Å². The van der Waals surface area contributed by atoms with Crippen LogP contribution in [0.5, 0.6) is 0 Å². The first-order valence-electron chi connectivity index (χ1n) is 12.6. The van der Waals surface area contributed by atoms with Crippen LogP contribution in [0.3, 0.4) is 0 Å². The second-order valence-corrected chi connectivity index (χ2v) is 13.9. The fourth-order valence-electron chi connectivity index (χ4n) is 5.34. The molecule has 39 heavy (non-hydrogen) atoms. The summed E-state index contributed by atoms with van der Waals surface area (Å²) >= 11 is 16.2. The van der Waals surface area contributed by atoms with Gasteiger partial charge < -0.3 is 16.0 Å². The van der Waals surface area contributed by atoms with E-state index in [1.54, 1.807) is 12.1 Å². The zero-order valence-electron chi connectivity index (χ0n) is 21.3. The number of amides is 1. The lowest BCUT2D eigenvalue weighted by molar-refractivity contribution is -0.119. The Morgan fingerprint density at radius 3 is 2.51 bits per heavy atom. The predicted molar refractivity (Wildman–Crippen MR) is 161 cm³/mol. The maximum atomic E-state index is 13.7. The molecule has 1 atom stereocenters. The van der Waals surface area contributed by atoms with Gasteiger partial charge in [-0.15, -0.1) is 0 Å². The third kappa shape index (κ3) is 6.29. The predicted octanol–water partition coefficient (Wildman–Crippen LogP) is 5.77. The molecule has 7 nitrogen and oxygen atoms in total. The van der Waals surface area contributed by atoms with Gasteiger partial charge in [-0.05, 0) is 60.4 Å². The average Bonchev–Trinajstić information content (AvgIpc) is 3.13. The molecule has 3 aromatic carbocycles. The Hall–Kier alpha value is -2.14. The first-order valence-corrected chi connectivity index (χ1v) is 16.0. The van der Waals surface area contributed by atoms with Crippen LogP contribution in [0.25, 0.3) is 0 Å². The van der Waals surface area contributed by atoms with Crippen molar-refractivity contribution in [1.82, 2.24) is 9.62 Å². The van der Waals surface area contributed by atoms with Crippen LogP contribution in [0.15, 0.2) is 65.1 Å².